The van der Waals surface area contributed by atoms with Crippen LogP contribution in [0.15, 0.2) is 74.1 Å². The third-order valence-corrected chi connectivity index (χ3v) is 7.96. The average molecular weight is 609 g/mol. The fraction of sp³-hybridized carbons (Fsp3) is 0.207. The molecule has 1 aromatic heterocycles. The van der Waals surface area contributed by atoms with Gasteiger partial charge in [0.1, 0.15) is 11.8 Å². The Labute approximate surface area is 236 Å². The number of esters is 1. The fourth-order valence-corrected chi connectivity index (χ4v) is 6.29. The van der Waals surface area contributed by atoms with E-state index in [1.807, 2.05) is 36.4 Å². The predicted molar refractivity (Wildman–Crippen MR) is 153 cm³/mol. The van der Waals surface area contributed by atoms with E-state index in [1.165, 1.54) is 23.0 Å². The van der Waals surface area contributed by atoms with E-state index in [1.54, 1.807) is 39.2 Å². The summed E-state index contributed by atoms with van der Waals surface area (Å²) in [5.74, 6) is 0.144. The lowest BCUT2D eigenvalue weighted by Crippen LogP contribution is -2.40. The molecule has 0 aliphatic carbocycles. The smallest absolute Gasteiger partial charge is 0.338 e. The summed E-state index contributed by atoms with van der Waals surface area (Å²) in [6, 6.07) is 14.0. The van der Waals surface area contributed by atoms with Gasteiger partial charge in [-0.1, -0.05) is 57.6 Å². The Kier molecular flexibility index (Phi) is 7.33. The number of hydrogen-bond acceptors (Lipinski definition) is 8. The van der Waals surface area contributed by atoms with Crippen molar-refractivity contribution in [2.24, 2.45) is 4.99 Å². The summed E-state index contributed by atoms with van der Waals surface area (Å²) < 4.78 is 19.0. The first kappa shape index (κ1) is 26.7. The van der Waals surface area contributed by atoms with E-state index in [9.17, 15) is 14.7 Å². The molecule has 4 aromatic rings. The van der Waals surface area contributed by atoms with Crippen LogP contribution in [0.4, 0.5) is 0 Å². The van der Waals surface area contributed by atoms with E-state index >= 15 is 0 Å². The number of methoxy groups -OCH3 is 2. The van der Waals surface area contributed by atoms with Gasteiger partial charge in [0, 0.05) is 15.6 Å². The van der Waals surface area contributed by atoms with Crippen LogP contribution in [0.1, 0.15) is 31.0 Å². The van der Waals surface area contributed by atoms with Gasteiger partial charge in [-0.05, 0) is 48.9 Å². The number of benzene rings is 3. The molecule has 0 bridgehead atoms. The number of fused-ring (bicyclic) bond motifs is 2. The molecule has 1 aliphatic rings. The second-order valence-corrected chi connectivity index (χ2v) is 10.7. The highest BCUT2D eigenvalue weighted by molar-refractivity contribution is 9.10. The van der Waals surface area contributed by atoms with Gasteiger partial charge in [-0.3, -0.25) is 9.36 Å². The third-order valence-electron chi connectivity index (χ3n) is 6.52. The van der Waals surface area contributed by atoms with Gasteiger partial charge < -0.3 is 19.3 Å². The number of rotatable bonds is 6. The van der Waals surface area contributed by atoms with E-state index in [0.717, 1.165) is 10.8 Å². The van der Waals surface area contributed by atoms with Crippen molar-refractivity contribution in [1.82, 2.24) is 4.57 Å². The maximum Gasteiger partial charge on any atom is 0.338 e. The van der Waals surface area contributed by atoms with Crippen LogP contribution in [-0.4, -0.2) is 36.5 Å². The number of phenolic OH excluding ortho intramolecular Hbond substituents is 1. The molecule has 39 heavy (non-hydrogen) atoms. The minimum atomic E-state index is -0.853. The van der Waals surface area contributed by atoms with Crippen LogP contribution in [0.3, 0.4) is 0 Å². The Balaban J connectivity index is 1.85. The van der Waals surface area contributed by atoms with Crippen molar-refractivity contribution in [1.29, 1.82) is 0 Å². The Bertz CT molecular complexity index is 1840. The van der Waals surface area contributed by atoms with Crippen molar-refractivity contribution in [2.75, 3.05) is 20.8 Å². The third kappa shape index (κ3) is 4.63. The second kappa shape index (κ2) is 10.7. The molecule has 8 nitrogen and oxygen atoms in total. The van der Waals surface area contributed by atoms with Crippen molar-refractivity contribution < 1.29 is 24.1 Å². The predicted octanol–water partition coefficient (Wildman–Crippen LogP) is 4.44. The summed E-state index contributed by atoms with van der Waals surface area (Å²) >= 11 is 4.59. The first-order chi connectivity index (χ1) is 18.8. The first-order valence-corrected chi connectivity index (χ1v) is 13.7. The number of carbonyl (C=O) groups excluding carboxylic acids is 1. The van der Waals surface area contributed by atoms with E-state index < -0.39 is 12.0 Å². The van der Waals surface area contributed by atoms with Crippen molar-refractivity contribution in [3.05, 3.63) is 95.1 Å². The van der Waals surface area contributed by atoms with Gasteiger partial charge in [0.15, 0.2) is 16.3 Å². The normalized spacial score (nSPS) is 15.2. The molecule has 1 N–H and O–H groups in total. The maximum atomic E-state index is 14.1. The van der Waals surface area contributed by atoms with E-state index in [2.05, 4.69) is 20.9 Å². The zero-order valence-electron chi connectivity index (χ0n) is 21.6. The molecule has 2 heterocycles. The van der Waals surface area contributed by atoms with Crippen LogP contribution in [0.2, 0.25) is 0 Å². The number of aromatic hydroxyl groups is 1. The monoisotopic (exact) mass is 608 g/mol. The molecule has 0 saturated carbocycles. The topological polar surface area (TPSA) is 99.4 Å². The summed E-state index contributed by atoms with van der Waals surface area (Å²) in [7, 11) is 3.01. The van der Waals surface area contributed by atoms with Gasteiger partial charge in [0.05, 0.1) is 36.6 Å². The standard InChI is InChI=1S/C29H25BrN2O6S/c1-5-38-28(35)23-15(2)31-29-32(25(23)24-19-9-7-6-8-16(19)10-11-20(24)36-3)27(34)22(39-29)13-17-12-18(30)14-21(37-4)26(17)33/h6-14,25,33H,5H2,1-4H3/b22-13+/t25-/m0/s1. The number of hydrogen-bond donors (Lipinski definition) is 1. The zero-order chi connectivity index (χ0) is 27.8. The molecule has 200 valence electrons. The highest BCUT2D eigenvalue weighted by Crippen LogP contribution is 2.40. The average Bonchev–Trinajstić information content (AvgIpc) is 3.23. The van der Waals surface area contributed by atoms with Crippen LogP contribution in [0.25, 0.3) is 16.8 Å². The largest absolute Gasteiger partial charge is 0.504 e. The number of thiazole rings is 1. The maximum absolute atomic E-state index is 14.1. The van der Waals surface area contributed by atoms with Crippen molar-refractivity contribution >= 4 is 50.1 Å². The number of carbonyl (C=O) groups is 1. The minimum Gasteiger partial charge on any atom is -0.504 e. The van der Waals surface area contributed by atoms with Crippen LogP contribution >= 0.6 is 27.3 Å². The summed E-state index contributed by atoms with van der Waals surface area (Å²) in [5, 5.41) is 12.5. The number of nitrogens with zero attached hydrogens (tertiary/aromatic N) is 2. The molecule has 3 aromatic carbocycles. The lowest BCUT2D eigenvalue weighted by atomic mass is 9.90. The van der Waals surface area contributed by atoms with E-state index in [0.29, 0.717) is 36.4 Å². The fourth-order valence-electron chi connectivity index (χ4n) is 4.80. The second-order valence-electron chi connectivity index (χ2n) is 8.75. The molecule has 10 heteroatoms. The van der Waals surface area contributed by atoms with E-state index in [-0.39, 0.29) is 29.2 Å². The van der Waals surface area contributed by atoms with Crippen LogP contribution in [0.5, 0.6) is 17.2 Å². The van der Waals surface area contributed by atoms with Gasteiger partial charge in [-0.25, -0.2) is 9.79 Å². The molecular weight excluding hydrogens is 584 g/mol. The van der Waals surface area contributed by atoms with Crippen LogP contribution < -0.4 is 24.4 Å². The van der Waals surface area contributed by atoms with Gasteiger partial charge in [-0.2, -0.15) is 0 Å². The number of phenols is 1. The molecule has 0 spiro atoms. The van der Waals surface area contributed by atoms with Gasteiger partial charge in [-0.15, -0.1) is 0 Å². The zero-order valence-corrected chi connectivity index (χ0v) is 24.1. The van der Waals surface area contributed by atoms with Crippen molar-refractivity contribution in [3.8, 4) is 17.2 Å². The molecular formula is C29H25BrN2O6S. The number of allylic oxidation sites excluding steroid dienone is 1. The summed E-state index contributed by atoms with van der Waals surface area (Å²) in [6.07, 6.45) is 1.59. The molecule has 0 radical (unpaired) electrons. The van der Waals surface area contributed by atoms with Crippen molar-refractivity contribution in [3.63, 3.8) is 0 Å². The number of aromatic nitrogens is 1. The summed E-state index contributed by atoms with van der Waals surface area (Å²) in [4.78, 5) is 32.5. The highest BCUT2D eigenvalue weighted by atomic mass is 79.9. The summed E-state index contributed by atoms with van der Waals surface area (Å²) in [6.45, 7) is 3.64. The van der Waals surface area contributed by atoms with Crippen molar-refractivity contribution in [2.45, 2.75) is 19.9 Å². The Morgan fingerprint density at radius 3 is 2.62 bits per heavy atom. The lowest BCUT2D eigenvalue weighted by Gasteiger charge is -2.27. The SMILES string of the molecule is CCOC(=O)C1=C(C)N=c2s/c(=C/c3cc(Br)cc(OC)c3O)c(=O)n2[C@@H]1c1c(OC)ccc2ccccc12. The lowest BCUT2D eigenvalue weighted by molar-refractivity contribution is -0.139. The minimum absolute atomic E-state index is 0.0952. The molecule has 0 amide bonds. The number of halogens is 1. The quantitative estimate of drug-likeness (QED) is 0.325. The Hall–Kier alpha value is -3.89. The van der Waals surface area contributed by atoms with Gasteiger partial charge >= 0.3 is 5.97 Å². The van der Waals surface area contributed by atoms with Gasteiger partial charge in [0.2, 0.25) is 0 Å². The van der Waals surface area contributed by atoms with E-state index in [4.69, 9.17) is 14.2 Å². The Morgan fingerprint density at radius 2 is 1.90 bits per heavy atom. The molecule has 1 aliphatic heterocycles. The van der Waals surface area contributed by atoms with Crippen LogP contribution in [0, 0.1) is 0 Å². The summed E-state index contributed by atoms with van der Waals surface area (Å²) in [5.41, 5.74) is 1.40. The number of ether oxygens (including phenoxy) is 3. The molecule has 5 rings (SSSR count). The molecule has 0 saturated heterocycles. The molecule has 0 fully saturated rings. The molecule has 0 unspecified atom stereocenters. The van der Waals surface area contributed by atoms with Crippen LogP contribution in [-0.2, 0) is 9.53 Å². The highest BCUT2D eigenvalue weighted by Gasteiger charge is 2.36. The van der Waals surface area contributed by atoms with Gasteiger partial charge in [0.25, 0.3) is 5.56 Å². The molecule has 1 atom stereocenters. The Morgan fingerprint density at radius 1 is 1.15 bits per heavy atom. The first-order valence-electron chi connectivity index (χ1n) is 12.1.